The summed E-state index contributed by atoms with van der Waals surface area (Å²) >= 11 is 5.16. The third-order valence-electron chi connectivity index (χ3n) is 6.40. The van der Waals surface area contributed by atoms with E-state index < -0.39 is 6.10 Å². The second-order valence-electron chi connectivity index (χ2n) is 9.04. The van der Waals surface area contributed by atoms with E-state index in [2.05, 4.69) is 54.0 Å². The summed E-state index contributed by atoms with van der Waals surface area (Å²) in [5.74, 6) is 2.17. The van der Waals surface area contributed by atoms with E-state index in [1.165, 1.54) is 23.1 Å². The van der Waals surface area contributed by atoms with Crippen molar-refractivity contribution in [3.05, 3.63) is 92.1 Å². The molecule has 0 unspecified atom stereocenters. The highest BCUT2D eigenvalue weighted by Crippen LogP contribution is 2.24. The average Bonchev–Trinajstić information content (AvgIpc) is 3.57. The maximum absolute atomic E-state index is 10.7. The van der Waals surface area contributed by atoms with Gasteiger partial charge in [-0.3, -0.25) is 4.90 Å². The van der Waals surface area contributed by atoms with Crippen LogP contribution in [0.5, 0.6) is 5.88 Å². The molecule has 0 saturated carbocycles. The third-order valence-corrected chi connectivity index (χ3v) is 8.30. The molecular weight excluding hydrogens is 540 g/mol. The van der Waals surface area contributed by atoms with Gasteiger partial charge in [-0.05, 0) is 63.3 Å². The number of aliphatic hydroxyl groups excluding tert-OH is 1. The summed E-state index contributed by atoms with van der Waals surface area (Å²) in [7, 11) is 0. The maximum Gasteiger partial charge on any atom is 0.216 e. The highest BCUT2D eigenvalue weighted by molar-refractivity contribution is 9.10. The molecule has 9 heteroatoms. The van der Waals surface area contributed by atoms with E-state index in [9.17, 15) is 5.11 Å². The van der Waals surface area contributed by atoms with Crippen LogP contribution >= 0.6 is 27.3 Å². The van der Waals surface area contributed by atoms with E-state index in [1.807, 2.05) is 11.4 Å². The number of ether oxygens (including phenoxy) is 1. The minimum Gasteiger partial charge on any atom is -0.472 e. The van der Waals surface area contributed by atoms with E-state index in [4.69, 9.17) is 9.15 Å². The van der Waals surface area contributed by atoms with Gasteiger partial charge in [0.25, 0.3) is 0 Å². The molecule has 1 atom stereocenters. The molecule has 4 aromatic rings. The number of fused-ring (bicyclic) bond motifs is 1. The summed E-state index contributed by atoms with van der Waals surface area (Å²) in [6, 6.07) is 10.5. The number of aromatic nitrogens is 3. The lowest BCUT2D eigenvalue weighted by Crippen LogP contribution is -2.36. The van der Waals surface area contributed by atoms with Gasteiger partial charge in [0.2, 0.25) is 5.88 Å². The zero-order chi connectivity index (χ0) is 24.7. The number of thiophene rings is 1. The van der Waals surface area contributed by atoms with Gasteiger partial charge < -0.3 is 14.3 Å². The maximum atomic E-state index is 10.7. The first-order valence-electron chi connectivity index (χ1n) is 12.2. The van der Waals surface area contributed by atoms with Crippen molar-refractivity contribution in [1.29, 1.82) is 0 Å². The van der Waals surface area contributed by atoms with Gasteiger partial charge in [0, 0.05) is 49.2 Å². The number of hydrogen-bond donors (Lipinski definition) is 1. The second kappa shape index (κ2) is 12.1. The fourth-order valence-electron chi connectivity index (χ4n) is 4.44. The van der Waals surface area contributed by atoms with Crippen LogP contribution in [-0.2, 0) is 38.8 Å². The molecule has 7 nitrogen and oxygen atoms in total. The van der Waals surface area contributed by atoms with Crippen molar-refractivity contribution in [2.45, 2.75) is 51.4 Å². The summed E-state index contributed by atoms with van der Waals surface area (Å²) in [5.41, 5.74) is 4.09. The predicted molar refractivity (Wildman–Crippen MR) is 142 cm³/mol. The lowest BCUT2D eigenvalue weighted by atomic mass is 9.95. The Morgan fingerprint density at radius 1 is 1.17 bits per heavy atom. The molecule has 0 fully saturated rings. The van der Waals surface area contributed by atoms with Crippen LogP contribution in [0.3, 0.4) is 0 Å². The van der Waals surface area contributed by atoms with Crippen LogP contribution in [0.4, 0.5) is 0 Å². The second-order valence-corrected chi connectivity index (χ2v) is 10.9. The molecule has 3 aromatic heterocycles. The van der Waals surface area contributed by atoms with Gasteiger partial charge in [-0.15, -0.1) is 11.3 Å². The lowest BCUT2D eigenvalue weighted by Gasteiger charge is -2.30. The van der Waals surface area contributed by atoms with Crippen molar-refractivity contribution in [2.75, 3.05) is 13.1 Å². The Labute approximate surface area is 223 Å². The molecule has 0 spiro atoms. The number of nitrogens with zero attached hydrogens (tertiary/aromatic N) is 4. The van der Waals surface area contributed by atoms with Crippen LogP contribution in [0.15, 0.2) is 63.4 Å². The Hall–Kier alpha value is -2.59. The molecule has 1 N–H and O–H groups in total. The summed E-state index contributed by atoms with van der Waals surface area (Å²) in [5, 5.41) is 12.7. The normalized spacial score (nSPS) is 14.5. The monoisotopic (exact) mass is 568 g/mol. The van der Waals surface area contributed by atoms with Gasteiger partial charge in [-0.1, -0.05) is 18.2 Å². The lowest BCUT2D eigenvalue weighted by molar-refractivity contribution is 0.0983. The Morgan fingerprint density at radius 2 is 2.11 bits per heavy atom. The van der Waals surface area contributed by atoms with Crippen LogP contribution in [0, 0.1) is 0 Å². The van der Waals surface area contributed by atoms with E-state index in [0.29, 0.717) is 37.7 Å². The van der Waals surface area contributed by atoms with Crippen molar-refractivity contribution in [1.82, 2.24) is 19.9 Å². The largest absolute Gasteiger partial charge is 0.472 e. The van der Waals surface area contributed by atoms with E-state index in [0.717, 1.165) is 47.5 Å². The SMILES string of the molecule is O[C@@H](CCc1nccc(OCc2sccc2Br)n1)CN1CCc2cc(CCc3cnco3)ccc2C1. The van der Waals surface area contributed by atoms with Gasteiger partial charge in [0.05, 0.1) is 17.2 Å². The summed E-state index contributed by atoms with van der Waals surface area (Å²) in [6.07, 6.45) is 8.59. The third kappa shape index (κ3) is 6.79. The molecule has 0 amide bonds. The van der Waals surface area contributed by atoms with Crippen molar-refractivity contribution >= 4 is 27.3 Å². The van der Waals surface area contributed by atoms with Crippen molar-refractivity contribution < 1.29 is 14.3 Å². The number of oxazole rings is 1. The number of halogens is 1. The summed E-state index contributed by atoms with van der Waals surface area (Å²) < 4.78 is 12.2. The molecule has 1 aliphatic rings. The van der Waals surface area contributed by atoms with Crippen LogP contribution in [0.25, 0.3) is 0 Å². The number of rotatable bonds is 11. The Bertz CT molecular complexity index is 1260. The number of aryl methyl sites for hydroxylation is 3. The molecule has 4 heterocycles. The first kappa shape index (κ1) is 25.1. The highest BCUT2D eigenvalue weighted by Gasteiger charge is 2.19. The molecule has 1 aliphatic heterocycles. The van der Waals surface area contributed by atoms with Gasteiger partial charge in [0.15, 0.2) is 6.39 Å². The van der Waals surface area contributed by atoms with Crippen LogP contribution in [0.1, 0.15) is 39.6 Å². The topological polar surface area (TPSA) is 84.5 Å². The Kier molecular flexibility index (Phi) is 8.43. The highest BCUT2D eigenvalue weighted by atomic mass is 79.9. The number of β-amino-alcohol motifs (C(OH)–C–C–N with tert-alkyl or cyclic N) is 1. The zero-order valence-corrected chi connectivity index (χ0v) is 22.4. The molecule has 1 aromatic carbocycles. The van der Waals surface area contributed by atoms with Gasteiger partial charge in [-0.2, -0.15) is 4.98 Å². The average molecular weight is 570 g/mol. The first-order valence-corrected chi connectivity index (χ1v) is 13.8. The summed E-state index contributed by atoms with van der Waals surface area (Å²) in [4.78, 5) is 16.3. The molecule has 5 rings (SSSR count). The van der Waals surface area contributed by atoms with Crippen molar-refractivity contribution in [3.63, 3.8) is 0 Å². The fraction of sp³-hybridized carbons (Fsp3) is 0.370. The van der Waals surface area contributed by atoms with E-state index >= 15 is 0 Å². The predicted octanol–water partition coefficient (Wildman–Crippen LogP) is 5.00. The molecule has 0 saturated heterocycles. The molecular formula is C27H29BrN4O3S. The van der Waals surface area contributed by atoms with Crippen molar-refractivity contribution in [3.8, 4) is 5.88 Å². The van der Waals surface area contributed by atoms with Gasteiger partial charge in [-0.25, -0.2) is 9.97 Å². The molecule has 36 heavy (non-hydrogen) atoms. The fourth-order valence-corrected chi connectivity index (χ4v) is 5.82. The van der Waals surface area contributed by atoms with Gasteiger partial charge in [0.1, 0.15) is 18.2 Å². The van der Waals surface area contributed by atoms with Crippen LogP contribution in [0.2, 0.25) is 0 Å². The quantitative estimate of drug-likeness (QED) is 0.272. The molecule has 0 aliphatic carbocycles. The van der Waals surface area contributed by atoms with Crippen LogP contribution < -0.4 is 4.74 Å². The standard InChI is InChI=1S/C27H29BrN4O3S/c28-24-9-12-36-25(24)17-34-27-7-10-30-26(31-27)6-4-22(33)16-32-11-8-20-13-19(1-3-21(20)15-32)2-5-23-14-29-18-35-23/h1,3,7,9-10,12-14,18,22,33H,2,4-6,8,11,15-17H2/t22-/m0/s1. The zero-order valence-electron chi connectivity index (χ0n) is 20.0. The molecule has 0 bridgehead atoms. The van der Waals surface area contributed by atoms with Gasteiger partial charge >= 0.3 is 0 Å². The smallest absolute Gasteiger partial charge is 0.216 e. The number of aliphatic hydroxyl groups is 1. The van der Waals surface area contributed by atoms with E-state index in [1.54, 1.807) is 29.8 Å². The van der Waals surface area contributed by atoms with Crippen molar-refractivity contribution in [2.24, 2.45) is 0 Å². The minimum absolute atomic E-state index is 0.428. The number of benzene rings is 1. The van der Waals surface area contributed by atoms with E-state index in [-0.39, 0.29) is 0 Å². The molecule has 188 valence electrons. The summed E-state index contributed by atoms with van der Waals surface area (Å²) in [6.45, 7) is 2.94. The first-order chi connectivity index (χ1) is 17.6. The van der Waals surface area contributed by atoms with Crippen LogP contribution in [-0.4, -0.2) is 44.2 Å². The number of hydrogen-bond acceptors (Lipinski definition) is 8. The molecule has 0 radical (unpaired) electrons. The Balaban J connectivity index is 1.07. The Morgan fingerprint density at radius 3 is 2.94 bits per heavy atom. The minimum atomic E-state index is -0.428.